The first-order chi connectivity index (χ1) is 12.6. The molecule has 138 valence electrons. The second-order valence-electron chi connectivity index (χ2n) is 6.04. The molecule has 2 aromatic rings. The zero-order valence-electron chi connectivity index (χ0n) is 14.7. The largest absolute Gasteiger partial charge is 0.337 e. The molecule has 3 rings (SSSR count). The van der Waals surface area contributed by atoms with Crippen molar-refractivity contribution >= 4 is 35.1 Å². The van der Waals surface area contributed by atoms with Crippen LogP contribution in [0.25, 0.3) is 0 Å². The Kier molecular flexibility index (Phi) is 5.77. The molecule has 1 saturated heterocycles. The Morgan fingerprint density at radius 1 is 1.38 bits per heavy atom. The van der Waals surface area contributed by atoms with Crippen LogP contribution in [-0.4, -0.2) is 34.4 Å². The zero-order valence-corrected chi connectivity index (χ0v) is 15.5. The average molecular weight is 375 g/mol. The Morgan fingerprint density at radius 3 is 2.81 bits per heavy atom. The Bertz CT molecular complexity index is 777. The number of nitrogens with zero attached hydrogens (tertiary/aromatic N) is 3. The van der Waals surface area contributed by atoms with Crippen molar-refractivity contribution in [2.24, 2.45) is 0 Å². The number of rotatable bonds is 6. The number of benzene rings is 1. The summed E-state index contributed by atoms with van der Waals surface area (Å²) < 4.78 is 5.06. The Morgan fingerprint density at radius 2 is 2.15 bits per heavy atom. The van der Waals surface area contributed by atoms with Crippen LogP contribution in [0.15, 0.2) is 28.8 Å². The predicted octanol–water partition coefficient (Wildman–Crippen LogP) is 2.77. The molecular weight excluding hydrogens is 354 g/mol. The minimum atomic E-state index is -0.368. The summed E-state index contributed by atoms with van der Waals surface area (Å²) in [5.41, 5.74) is 1.48. The van der Waals surface area contributed by atoms with Crippen molar-refractivity contribution in [2.45, 2.75) is 38.1 Å². The number of carbonyl (C=O) groups is 2. The second-order valence-corrected chi connectivity index (χ2v) is 6.91. The lowest BCUT2D eigenvalue weighted by molar-refractivity contribution is -0.117. The monoisotopic (exact) mass is 375 g/mol. The van der Waals surface area contributed by atoms with Crippen molar-refractivity contribution in [1.82, 2.24) is 15.5 Å². The van der Waals surface area contributed by atoms with Gasteiger partial charge in [-0.15, -0.1) is 0 Å². The van der Waals surface area contributed by atoms with Gasteiger partial charge in [0.05, 0.1) is 12.3 Å². The Hall–Kier alpha value is -2.55. The maximum absolute atomic E-state index is 12.0. The summed E-state index contributed by atoms with van der Waals surface area (Å²) in [4.78, 5) is 29.9. The number of nitrogens with one attached hydrogen (secondary N) is 2. The summed E-state index contributed by atoms with van der Waals surface area (Å²) in [6.45, 7) is 2.19. The van der Waals surface area contributed by atoms with Gasteiger partial charge < -0.3 is 20.1 Å². The van der Waals surface area contributed by atoms with Gasteiger partial charge in [0.1, 0.15) is 0 Å². The molecule has 1 atom stereocenters. The van der Waals surface area contributed by atoms with Crippen LogP contribution in [0.1, 0.15) is 31.5 Å². The van der Waals surface area contributed by atoms with Crippen LogP contribution in [0.2, 0.25) is 0 Å². The number of amides is 3. The molecule has 0 aliphatic carbocycles. The van der Waals surface area contributed by atoms with Gasteiger partial charge in [0.15, 0.2) is 5.82 Å². The number of carbonyl (C=O) groups excluding carboxylic acids is 2. The van der Waals surface area contributed by atoms with E-state index in [0.717, 1.165) is 12.1 Å². The molecule has 8 nitrogen and oxygen atoms in total. The first-order valence-corrected chi connectivity index (χ1v) is 9.73. The van der Waals surface area contributed by atoms with Crippen molar-refractivity contribution in [3.05, 3.63) is 36.0 Å². The molecule has 0 bridgehead atoms. The summed E-state index contributed by atoms with van der Waals surface area (Å²) in [6, 6.07) is 7.06. The molecular formula is C17H21N5O3S. The third kappa shape index (κ3) is 4.34. The third-order valence-electron chi connectivity index (χ3n) is 4.07. The molecule has 1 aromatic heterocycles. The molecule has 0 spiro atoms. The number of hydrogen-bond donors (Lipinski definition) is 2. The standard InChI is InChI=1S/C17H21N5O3S/c1-11-3-8-16(23)22(11)13-6-4-12(5-7-13)19-17(24)18-9-15-20-14(10-26-2)21-25-15/h4-7,11H,3,8-10H2,1-2H3,(H2,18,19,24)/t11-/m0/s1. The van der Waals surface area contributed by atoms with Crippen LogP contribution in [0.5, 0.6) is 0 Å². The quantitative estimate of drug-likeness (QED) is 0.805. The van der Waals surface area contributed by atoms with E-state index in [1.54, 1.807) is 28.8 Å². The molecule has 1 fully saturated rings. The van der Waals surface area contributed by atoms with Gasteiger partial charge in [0.25, 0.3) is 0 Å². The third-order valence-corrected chi connectivity index (χ3v) is 4.62. The number of hydrogen-bond acceptors (Lipinski definition) is 6. The van der Waals surface area contributed by atoms with Crippen molar-refractivity contribution in [1.29, 1.82) is 0 Å². The Balaban J connectivity index is 1.51. The van der Waals surface area contributed by atoms with Crippen LogP contribution in [-0.2, 0) is 17.1 Å². The fourth-order valence-electron chi connectivity index (χ4n) is 2.81. The van der Waals surface area contributed by atoms with E-state index >= 15 is 0 Å². The lowest BCUT2D eigenvalue weighted by atomic mass is 10.2. The number of anilines is 2. The van der Waals surface area contributed by atoms with Gasteiger partial charge in [0.2, 0.25) is 11.8 Å². The zero-order chi connectivity index (χ0) is 18.5. The molecule has 1 aromatic carbocycles. The number of urea groups is 1. The minimum absolute atomic E-state index is 0.136. The highest BCUT2D eigenvalue weighted by atomic mass is 32.2. The van der Waals surface area contributed by atoms with Gasteiger partial charge in [-0.25, -0.2) is 4.79 Å². The molecule has 2 heterocycles. The van der Waals surface area contributed by atoms with E-state index in [0.29, 0.717) is 29.6 Å². The number of thioether (sulfide) groups is 1. The highest BCUT2D eigenvalue weighted by Gasteiger charge is 2.28. The average Bonchev–Trinajstić information content (AvgIpc) is 3.21. The maximum atomic E-state index is 12.0. The van der Waals surface area contributed by atoms with E-state index in [-0.39, 0.29) is 24.5 Å². The van der Waals surface area contributed by atoms with Crippen LogP contribution in [0.3, 0.4) is 0 Å². The van der Waals surface area contributed by atoms with Gasteiger partial charge in [-0.3, -0.25) is 4.79 Å². The molecule has 0 unspecified atom stereocenters. The molecule has 0 saturated carbocycles. The first kappa shape index (κ1) is 18.2. The smallest absolute Gasteiger partial charge is 0.319 e. The Labute approximate surface area is 155 Å². The van der Waals surface area contributed by atoms with Crippen LogP contribution in [0.4, 0.5) is 16.2 Å². The summed E-state index contributed by atoms with van der Waals surface area (Å²) in [5, 5.41) is 9.22. The second kappa shape index (κ2) is 8.22. The minimum Gasteiger partial charge on any atom is -0.337 e. The van der Waals surface area contributed by atoms with Crippen molar-refractivity contribution < 1.29 is 14.1 Å². The lowest BCUT2D eigenvalue weighted by Crippen LogP contribution is -2.30. The predicted molar refractivity (Wildman–Crippen MR) is 100.0 cm³/mol. The molecule has 1 aliphatic heterocycles. The van der Waals surface area contributed by atoms with E-state index in [2.05, 4.69) is 20.8 Å². The van der Waals surface area contributed by atoms with Crippen molar-refractivity contribution in [3.8, 4) is 0 Å². The lowest BCUT2D eigenvalue weighted by Gasteiger charge is -2.21. The van der Waals surface area contributed by atoms with E-state index in [4.69, 9.17) is 4.52 Å². The normalized spacial score (nSPS) is 16.8. The summed E-state index contributed by atoms with van der Waals surface area (Å²) >= 11 is 1.60. The topological polar surface area (TPSA) is 100 Å². The van der Waals surface area contributed by atoms with E-state index in [1.165, 1.54) is 0 Å². The van der Waals surface area contributed by atoms with Gasteiger partial charge in [0, 0.05) is 23.8 Å². The highest BCUT2D eigenvalue weighted by Crippen LogP contribution is 2.27. The molecule has 3 amide bonds. The molecule has 26 heavy (non-hydrogen) atoms. The van der Waals surface area contributed by atoms with E-state index in [1.807, 2.05) is 25.3 Å². The van der Waals surface area contributed by atoms with E-state index in [9.17, 15) is 9.59 Å². The summed E-state index contributed by atoms with van der Waals surface area (Å²) in [6.07, 6.45) is 3.40. The van der Waals surface area contributed by atoms with Gasteiger partial charge in [-0.1, -0.05) is 5.16 Å². The fraction of sp³-hybridized carbons (Fsp3) is 0.412. The van der Waals surface area contributed by atoms with Gasteiger partial charge in [-0.2, -0.15) is 16.7 Å². The maximum Gasteiger partial charge on any atom is 0.319 e. The number of aromatic nitrogens is 2. The first-order valence-electron chi connectivity index (χ1n) is 8.34. The van der Waals surface area contributed by atoms with Crippen LogP contribution in [0, 0.1) is 0 Å². The van der Waals surface area contributed by atoms with Crippen molar-refractivity contribution in [3.63, 3.8) is 0 Å². The van der Waals surface area contributed by atoms with E-state index < -0.39 is 0 Å². The fourth-order valence-corrected chi connectivity index (χ4v) is 3.19. The van der Waals surface area contributed by atoms with Gasteiger partial charge >= 0.3 is 6.03 Å². The van der Waals surface area contributed by atoms with Crippen LogP contribution >= 0.6 is 11.8 Å². The molecule has 2 N–H and O–H groups in total. The summed E-state index contributed by atoms with van der Waals surface area (Å²) in [7, 11) is 0. The molecule has 1 aliphatic rings. The highest BCUT2D eigenvalue weighted by molar-refractivity contribution is 7.97. The van der Waals surface area contributed by atoms with Crippen molar-refractivity contribution in [2.75, 3.05) is 16.5 Å². The summed E-state index contributed by atoms with van der Waals surface area (Å²) in [5.74, 6) is 1.77. The van der Waals surface area contributed by atoms with Crippen LogP contribution < -0.4 is 15.5 Å². The van der Waals surface area contributed by atoms with Gasteiger partial charge in [-0.05, 0) is 43.9 Å². The SMILES string of the molecule is CSCc1noc(CNC(=O)Nc2ccc(N3C(=O)CC[C@@H]3C)cc2)n1. The molecule has 0 radical (unpaired) electrons. The molecule has 9 heteroatoms.